The zero-order valence-corrected chi connectivity index (χ0v) is 21.0. The molecule has 2 N–H and O–H groups in total. The molecule has 1 aliphatic carbocycles. The summed E-state index contributed by atoms with van der Waals surface area (Å²) in [5, 5.41) is 12.3. The quantitative estimate of drug-likeness (QED) is 0.497. The molecule has 0 fully saturated rings. The molecule has 0 aliphatic heterocycles. The number of carboxylic acids is 1. The maximum atomic E-state index is 13.3. The van der Waals surface area contributed by atoms with Crippen molar-refractivity contribution in [3.63, 3.8) is 0 Å². The zero-order chi connectivity index (χ0) is 25.8. The van der Waals surface area contributed by atoms with Gasteiger partial charge >= 0.3 is 12.1 Å². The summed E-state index contributed by atoms with van der Waals surface area (Å²) in [6.07, 6.45) is 1.36. The molecule has 1 atom stereocenters. The van der Waals surface area contributed by atoms with Gasteiger partial charge < -0.3 is 20.1 Å². The van der Waals surface area contributed by atoms with Gasteiger partial charge in [0.15, 0.2) is 0 Å². The number of ether oxygens (including phenoxy) is 1. The molecule has 0 aromatic heterocycles. The first-order valence-corrected chi connectivity index (χ1v) is 11.9. The third kappa shape index (κ3) is 5.56. The van der Waals surface area contributed by atoms with Crippen LogP contribution in [0, 0.1) is 0 Å². The molecule has 0 bridgehead atoms. The number of hydrogen-bond acceptors (Lipinski definition) is 4. The van der Waals surface area contributed by atoms with E-state index in [9.17, 15) is 19.5 Å². The number of benzene rings is 2. The van der Waals surface area contributed by atoms with E-state index in [4.69, 9.17) is 4.74 Å². The van der Waals surface area contributed by atoms with Crippen molar-refractivity contribution in [2.75, 3.05) is 13.2 Å². The SMILES string of the molecule is CCN(C(=O)C(CC=C(C)C)NC(=O)OCC1c2ccccc2-c2ccccc21)C(C)(C)C(=O)O. The average Bonchev–Trinajstić information content (AvgIpc) is 3.14. The van der Waals surface area contributed by atoms with Crippen LogP contribution < -0.4 is 5.32 Å². The number of carbonyl (C=O) groups is 3. The Morgan fingerprint density at radius 3 is 2.09 bits per heavy atom. The summed E-state index contributed by atoms with van der Waals surface area (Å²) in [6.45, 7) is 8.77. The highest BCUT2D eigenvalue weighted by Crippen LogP contribution is 2.44. The number of rotatable bonds is 9. The second kappa shape index (κ2) is 10.8. The van der Waals surface area contributed by atoms with E-state index in [-0.39, 0.29) is 25.5 Å². The summed E-state index contributed by atoms with van der Waals surface area (Å²) in [7, 11) is 0. The predicted octanol–water partition coefficient (Wildman–Crippen LogP) is 4.96. The number of nitrogens with zero attached hydrogens (tertiary/aromatic N) is 1. The molecule has 0 saturated heterocycles. The van der Waals surface area contributed by atoms with Gasteiger partial charge in [-0.25, -0.2) is 9.59 Å². The van der Waals surface area contributed by atoms with Gasteiger partial charge in [-0.05, 0) is 63.3 Å². The average molecular weight is 479 g/mol. The Balaban J connectivity index is 1.76. The van der Waals surface area contributed by atoms with E-state index < -0.39 is 29.6 Å². The van der Waals surface area contributed by atoms with Crippen LogP contribution in [0.4, 0.5) is 4.79 Å². The van der Waals surface area contributed by atoms with Gasteiger partial charge in [0, 0.05) is 12.5 Å². The molecule has 0 heterocycles. The number of carbonyl (C=O) groups excluding carboxylic acids is 2. The van der Waals surface area contributed by atoms with Gasteiger partial charge in [0.2, 0.25) is 5.91 Å². The van der Waals surface area contributed by atoms with Crippen LogP contribution in [0.15, 0.2) is 60.2 Å². The van der Waals surface area contributed by atoms with E-state index in [2.05, 4.69) is 17.4 Å². The van der Waals surface area contributed by atoms with Crippen LogP contribution in [0.5, 0.6) is 0 Å². The van der Waals surface area contributed by atoms with Gasteiger partial charge in [-0.2, -0.15) is 0 Å². The van der Waals surface area contributed by atoms with Crippen LogP contribution in [0.1, 0.15) is 58.1 Å². The summed E-state index contributed by atoms with van der Waals surface area (Å²) in [4.78, 5) is 39.2. The van der Waals surface area contributed by atoms with Gasteiger partial charge in [0.05, 0.1) is 0 Å². The first kappa shape index (κ1) is 26.0. The van der Waals surface area contributed by atoms with Crippen LogP contribution in [0.2, 0.25) is 0 Å². The third-order valence-electron chi connectivity index (χ3n) is 6.48. The number of nitrogens with one attached hydrogen (secondary N) is 1. The van der Waals surface area contributed by atoms with Crippen molar-refractivity contribution in [1.29, 1.82) is 0 Å². The van der Waals surface area contributed by atoms with Crippen LogP contribution in [-0.4, -0.2) is 52.7 Å². The van der Waals surface area contributed by atoms with E-state index in [1.807, 2.05) is 56.3 Å². The fourth-order valence-corrected chi connectivity index (χ4v) is 4.49. The summed E-state index contributed by atoms with van der Waals surface area (Å²) >= 11 is 0. The van der Waals surface area contributed by atoms with Crippen molar-refractivity contribution in [2.45, 2.75) is 58.5 Å². The lowest BCUT2D eigenvalue weighted by atomic mass is 9.98. The first-order chi connectivity index (χ1) is 16.6. The lowest BCUT2D eigenvalue weighted by Crippen LogP contribution is -2.58. The Bertz CT molecular complexity index is 1090. The molecule has 0 saturated carbocycles. The van der Waals surface area contributed by atoms with Gasteiger partial charge in [-0.3, -0.25) is 4.79 Å². The molecule has 2 aromatic rings. The van der Waals surface area contributed by atoms with E-state index in [0.717, 1.165) is 27.8 Å². The summed E-state index contributed by atoms with van der Waals surface area (Å²) in [5.74, 6) is -1.68. The van der Waals surface area contributed by atoms with Crippen molar-refractivity contribution in [3.8, 4) is 11.1 Å². The van der Waals surface area contributed by atoms with Crippen LogP contribution >= 0.6 is 0 Å². The minimum Gasteiger partial charge on any atom is -0.480 e. The van der Waals surface area contributed by atoms with Gasteiger partial charge in [-0.15, -0.1) is 0 Å². The molecule has 3 rings (SSSR count). The molecule has 7 nitrogen and oxygen atoms in total. The standard InChI is InChI=1S/C28H34N2O5/c1-6-30(28(4,5)26(32)33)25(31)24(16-15-18(2)3)29-27(34)35-17-23-21-13-9-7-11-19(21)20-12-8-10-14-22(20)23/h7-15,23-24H,6,16-17H2,1-5H3,(H,29,34)(H,32,33). The maximum Gasteiger partial charge on any atom is 0.407 e. The molecular weight excluding hydrogens is 444 g/mol. The highest BCUT2D eigenvalue weighted by Gasteiger charge is 2.40. The number of alkyl carbamates (subject to hydrolysis) is 1. The monoisotopic (exact) mass is 478 g/mol. The van der Waals surface area contributed by atoms with E-state index in [1.165, 1.54) is 18.7 Å². The molecule has 186 valence electrons. The number of aliphatic carboxylic acids is 1. The smallest absolute Gasteiger partial charge is 0.407 e. The second-order valence-corrected chi connectivity index (χ2v) is 9.49. The predicted molar refractivity (Wildman–Crippen MR) is 135 cm³/mol. The van der Waals surface area contributed by atoms with Gasteiger partial charge in [-0.1, -0.05) is 60.2 Å². The fourth-order valence-electron chi connectivity index (χ4n) is 4.49. The summed E-state index contributed by atoms with van der Waals surface area (Å²) in [6, 6.07) is 15.2. The van der Waals surface area contributed by atoms with Crippen molar-refractivity contribution < 1.29 is 24.2 Å². The highest BCUT2D eigenvalue weighted by molar-refractivity contribution is 5.91. The first-order valence-electron chi connectivity index (χ1n) is 11.9. The summed E-state index contributed by atoms with van der Waals surface area (Å²) in [5.41, 5.74) is 4.01. The van der Waals surface area contributed by atoms with Crippen LogP contribution in [0.25, 0.3) is 11.1 Å². The third-order valence-corrected chi connectivity index (χ3v) is 6.48. The minimum absolute atomic E-state index is 0.0989. The molecule has 2 amide bonds. The zero-order valence-electron chi connectivity index (χ0n) is 21.0. The number of amides is 2. The Morgan fingerprint density at radius 2 is 1.60 bits per heavy atom. The molecule has 1 unspecified atom stereocenters. The Hall–Kier alpha value is -3.61. The Labute approximate surface area is 206 Å². The molecule has 1 aliphatic rings. The topological polar surface area (TPSA) is 95.9 Å². The fraction of sp³-hybridized carbons (Fsp3) is 0.393. The molecule has 35 heavy (non-hydrogen) atoms. The number of fused-ring (bicyclic) bond motifs is 3. The maximum absolute atomic E-state index is 13.3. The molecule has 7 heteroatoms. The number of allylic oxidation sites excluding steroid dienone is 1. The van der Waals surface area contributed by atoms with E-state index in [0.29, 0.717) is 0 Å². The number of hydrogen-bond donors (Lipinski definition) is 2. The van der Waals surface area contributed by atoms with Gasteiger partial charge in [0.25, 0.3) is 0 Å². The Morgan fingerprint density at radius 1 is 1.06 bits per heavy atom. The van der Waals surface area contributed by atoms with Crippen molar-refractivity contribution in [1.82, 2.24) is 10.2 Å². The van der Waals surface area contributed by atoms with E-state index >= 15 is 0 Å². The summed E-state index contributed by atoms with van der Waals surface area (Å²) < 4.78 is 5.62. The van der Waals surface area contributed by atoms with Crippen LogP contribution in [-0.2, 0) is 14.3 Å². The normalized spacial score (nSPS) is 13.3. The van der Waals surface area contributed by atoms with Crippen molar-refractivity contribution in [3.05, 3.63) is 71.3 Å². The van der Waals surface area contributed by atoms with E-state index in [1.54, 1.807) is 6.92 Å². The molecule has 0 spiro atoms. The largest absolute Gasteiger partial charge is 0.480 e. The minimum atomic E-state index is -1.42. The number of likely N-dealkylation sites (N-methyl/N-ethyl adjacent to an activating group) is 1. The number of carboxylic acid groups (broad SMARTS) is 1. The molecule has 0 radical (unpaired) electrons. The van der Waals surface area contributed by atoms with Crippen molar-refractivity contribution in [2.24, 2.45) is 0 Å². The lowest BCUT2D eigenvalue weighted by Gasteiger charge is -2.36. The molecule has 2 aromatic carbocycles. The molecular formula is C28H34N2O5. The highest BCUT2D eigenvalue weighted by atomic mass is 16.5. The second-order valence-electron chi connectivity index (χ2n) is 9.49. The lowest BCUT2D eigenvalue weighted by molar-refractivity contribution is -0.157. The van der Waals surface area contributed by atoms with Gasteiger partial charge in [0.1, 0.15) is 18.2 Å². The van der Waals surface area contributed by atoms with Crippen molar-refractivity contribution >= 4 is 18.0 Å². The Kier molecular flexibility index (Phi) is 7.99. The van der Waals surface area contributed by atoms with Crippen LogP contribution in [0.3, 0.4) is 0 Å².